The molecule has 2 rings (SSSR count). The van der Waals surface area contributed by atoms with Crippen molar-refractivity contribution in [3.8, 4) is 11.5 Å². The first-order chi connectivity index (χ1) is 9.08. The van der Waals surface area contributed by atoms with E-state index in [0.717, 1.165) is 17.1 Å². The minimum Gasteiger partial charge on any atom is -0.457 e. The van der Waals surface area contributed by atoms with E-state index in [1.165, 1.54) is 11.1 Å². The van der Waals surface area contributed by atoms with Gasteiger partial charge in [0.2, 0.25) is 0 Å². The molecule has 0 atom stereocenters. The fraction of sp³-hybridized carbons (Fsp3) is 0.235. The van der Waals surface area contributed by atoms with E-state index in [2.05, 4.69) is 6.07 Å². The SMILES string of the molecule is CCC(=O)c1ccc(Oc2cc(C)cc(C)c2)cc1. The predicted octanol–water partition coefficient (Wildman–Crippen LogP) is 4.69. The average Bonchev–Trinajstić information content (AvgIpc) is 2.37. The first-order valence-electron chi connectivity index (χ1n) is 6.48. The molecule has 2 aromatic rings. The lowest BCUT2D eigenvalue weighted by Crippen LogP contribution is -1.95. The topological polar surface area (TPSA) is 26.3 Å². The van der Waals surface area contributed by atoms with Gasteiger partial charge >= 0.3 is 0 Å². The highest BCUT2D eigenvalue weighted by Crippen LogP contribution is 2.24. The number of Topliss-reactive ketones (excluding diaryl/α,β-unsaturated/α-hetero) is 1. The van der Waals surface area contributed by atoms with Crippen LogP contribution in [0.15, 0.2) is 42.5 Å². The third-order valence-corrected chi connectivity index (χ3v) is 2.93. The highest BCUT2D eigenvalue weighted by Gasteiger charge is 2.04. The first-order valence-corrected chi connectivity index (χ1v) is 6.48. The summed E-state index contributed by atoms with van der Waals surface area (Å²) >= 11 is 0. The predicted molar refractivity (Wildman–Crippen MR) is 77.1 cm³/mol. The van der Waals surface area contributed by atoms with Gasteiger partial charge in [-0.1, -0.05) is 13.0 Å². The second kappa shape index (κ2) is 5.70. The molecular formula is C17H18O2. The van der Waals surface area contributed by atoms with Crippen LogP contribution >= 0.6 is 0 Å². The van der Waals surface area contributed by atoms with Gasteiger partial charge in [-0.25, -0.2) is 0 Å². The number of ketones is 1. The molecule has 98 valence electrons. The van der Waals surface area contributed by atoms with Gasteiger partial charge in [0.25, 0.3) is 0 Å². The lowest BCUT2D eigenvalue weighted by Gasteiger charge is -2.08. The van der Waals surface area contributed by atoms with Crippen molar-refractivity contribution >= 4 is 5.78 Å². The van der Waals surface area contributed by atoms with Crippen LogP contribution in [0.3, 0.4) is 0 Å². The van der Waals surface area contributed by atoms with Gasteiger partial charge in [-0.2, -0.15) is 0 Å². The number of aryl methyl sites for hydroxylation is 2. The Hall–Kier alpha value is -2.09. The summed E-state index contributed by atoms with van der Waals surface area (Å²) < 4.78 is 5.80. The average molecular weight is 254 g/mol. The van der Waals surface area contributed by atoms with E-state index in [9.17, 15) is 4.79 Å². The molecule has 0 unspecified atom stereocenters. The number of carbonyl (C=O) groups is 1. The van der Waals surface area contributed by atoms with Gasteiger partial charge in [-0.3, -0.25) is 4.79 Å². The summed E-state index contributed by atoms with van der Waals surface area (Å²) in [5.41, 5.74) is 3.08. The Labute approximate surface area is 114 Å². The molecule has 0 aliphatic carbocycles. The van der Waals surface area contributed by atoms with Crippen molar-refractivity contribution < 1.29 is 9.53 Å². The first kappa shape index (κ1) is 13.3. The molecule has 0 aromatic heterocycles. The van der Waals surface area contributed by atoms with Crippen LogP contribution in [0.4, 0.5) is 0 Å². The van der Waals surface area contributed by atoms with E-state index in [1.807, 2.05) is 57.2 Å². The number of benzene rings is 2. The molecule has 0 fully saturated rings. The van der Waals surface area contributed by atoms with Crippen LogP contribution < -0.4 is 4.74 Å². The molecule has 2 heteroatoms. The summed E-state index contributed by atoms with van der Waals surface area (Å²) in [4.78, 5) is 11.5. The smallest absolute Gasteiger partial charge is 0.162 e. The molecular weight excluding hydrogens is 236 g/mol. The summed E-state index contributed by atoms with van der Waals surface area (Å²) in [5, 5.41) is 0. The number of ether oxygens (including phenoxy) is 1. The van der Waals surface area contributed by atoms with Crippen molar-refractivity contribution in [1.82, 2.24) is 0 Å². The van der Waals surface area contributed by atoms with E-state index in [1.54, 1.807) is 0 Å². The molecule has 0 bridgehead atoms. The van der Waals surface area contributed by atoms with Gasteiger partial charge in [0.15, 0.2) is 5.78 Å². The second-order valence-electron chi connectivity index (χ2n) is 4.73. The lowest BCUT2D eigenvalue weighted by molar-refractivity contribution is 0.0988. The standard InChI is InChI=1S/C17H18O2/c1-4-17(18)14-5-7-15(8-6-14)19-16-10-12(2)9-13(3)11-16/h5-11H,4H2,1-3H3. The van der Waals surface area contributed by atoms with Gasteiger partial charge in [0, 0.05) is 12.0 Å². The quantitative estimate of drug-likeness (QED) is 0.740. The van der Waals surface area contributed by atoms with Crippen LogP contribution in [-0.4, -0.2) is 5.78 Å². The largest absolute Gasteiger partial charge is 0.457 e. The van der Waals surface area contributed by atoms with Crippen molar-refractivity contribution in [2.24, 2.45) is 0 Å². The highest BCUT2D eigenvalue weighted by atomic mass is 16.5. The molecule has 0 aliphatic heterocycles. The highest BCUT2D eigenvalue weighted by molar-refractivity contribution is 5.95. The van der Waals surface area contributed by atoms with Crippen molar-refractivity contribution in [2.75, 3.05) is 0 Å². The molecule has 0 N–H and O–H groups in total. The van der Waals surface area contributed by atoms with Crippen molar-refractivity contribution in [3.05, 3.63) is 59.2 Å². The van der Waals surface area contributed by atoms with Crippen LogP contribution in [-0.2, 0) is 0 Å². The Bertz CT molecular complexity index is 562. The summed E-state index contributed by atoms with van der Waals surface area (Å²) in [6.45, 7) is 5.95. The molecule has 0 spiro atoms. The molecule has 0 saturated carbocycles. The third-order valence-electron chi connectivity index (χ3n) is 2.93. The summed E-state index contributed by atoms with van der Waals surface area (Å²) in [7, 11) is 0. The van der Waals surface area contributed by atoms with Crippen LogP contribution in [0, 0.1) is 13.8 Å². The molecule has 0 heterocycles. The third kappa shape index (κ3) is 3.44. The van der Waals surface area contributed by atoms with Crippen LogP contribution in [0.5, 0.6) is 11.5 Å². The molecule has 0 saturated heterocycles. The van der Waals surface area contributed by atoms with Crippen LogP contribution in [0.2, 0.25) is 0 Å². The molecule has 0 amide bonds. The minimum absolute atomic E-state index is 0.151. The summed E-state index contributed by atoms with van der Waals surface area (Å²) in [6.07, 6.45) is 0.525. The van der Waals surface area contributed by atoms with Crippen LogP contribution in [0.1, 0.15) is 34.8 Å². The fourth-order valence-electron chi connectivity index (χ4n) is 2.04. The maximum absolute atomic E-state index is 11.5. The zero-order valence-electron chi connectivity index (χ0n) is 11.6. The molecule has 0 aliphatic rings. The molecule has 19 heavy (non-hydrogen) atoms. The maximum Gasteiger partial charge on any atom is 0.162 e. The zero-order valence-corrected chi connectivity index (χ0v) is 11.6. The molecule has 0 radical (unpaired) electrons. The van der Waals surface area contributed by atoms with Crippen molar-refractivity contribution in [1.29, 1.82) is 0 Å². The fourth-order valence-corrected chi connectivity index (χ4v) is 2.04. The Morgan fingerprint density at radius 1 is 0.947 bits per heavy atom. The number of carbonyl (C=O) groups excluding carboxylic acids is 1. The normalized spacial score (nSPS) is 10.3. The second-order valence-corrected chi connectivity index (χ2v) is 4.73. The molecule has 2 nitrogen and oxygen atoms in total. The van der Waals surface area contributed by atoms with E-state index < -0.39 is 0 Å². The van der Waals surface area contributed by atoms with Gasteiger partial charge in [-0.15, -0.1) is 0 Å². The van der Waals surface area contributed by atoms with E-state index in [0.29, 0.717) is 6.42 Å². The van der Waals surface area contributed by atoms with E-state index >= 15 is 0 Å². The zero-order chi connectivity index (χ0) is 13.8. The number of hydrogen-bond acceptors (Lipinski definition) is 2. The van der Waals surface area contributed by atoms with Crippen LogP contribution in [0.25, 0.3) is 0 Å². The van der Waals surface area contributed by atoms with E-state index in [-0.39, 0.29) is 5.78 Å². The van der Waals surface area contributed by atoms with Crippen molar-refractivity contribution in [3.63, 3.8) is 0 Å². The minimum atomic E-state index is 0.151. The Morgan fingerprint density at radius 3 is 2.05 bits per heavy atom. The van der Waals surface area contributed by atoms with Gasteiger partial charge in [-0.05, 0) is 61.4 Å². The lowest BCUT2D eigenvalue weighted by atomic mass is 10.1. The Morgan fingerprint density at radius 2 is 1.53 bits per heavy atom. The van der Waals surface area contributed by atoms with Gasteiger partial charge < -0.3 is 4.74 Å². The van der Waals surface area contributed by atoms with Crippen molar-refractivity contribution in [2.45, 2.75) is 27.2 Å². The summed E-state index contributed by atoms with van der Waals surface area (Å²) in [5.74, 6) is 1.72. The Balaban J connectivity index is 2.17. The summed E-state index contributed by atoms with van der Waals surface area (Å²) in [6, 6.07) is 13.4. The van der Waals surface area contributed by atoms with Gasteiger partial charge in [0.1, 0.15) is 11.5 Å². The maximum atomic E-state index is 11.5. The molecule has 2 aromatic carbocycles. The Kier molecular flexibility index (Phi) is 4.00. The monoisotopic (exact) mass is 254 g/mol. The number of rotatable bonds is 4. The van der Waals surface area contributed by atoms with E-state index in [4.69, 9.17) is 4.74 Å². The van der Waals surface area contributed by atoms with Gasteiger partial charge in [0.05, 0.1) is 0 Å². The number of hydrogen-bond donors (Lipinski definition) is 0.